The van der Waals surface area contributed by atoms with E-state index in [9.17, 15) is 17.6 Å². The molecule has 1 heterocycles. The van der Waals surface area contributed by atoms with Crippen LogP contribution in [0.3, 0.4) is 0 Å². The summed E-state index contributed by atoms with van der Waals surface area (Å²) in [5, 5.41) is 0. The van der Waals surface area contributed by atoms with Crippen molar-refractivity contribution in [2.45, 2.75) is 6.04 Å². The molecule has 0 bridgehead atoms. The average Bonchev–Trinajstić information content (AvgIpc) is 2.71. The van der Waals surface area contributed by atoms with Crippen LogP contribution in [-0.4, -0.2) is 68.9 Å². The van der Waals surface area contributed by atoms with Crippen LogP contribution in [0.15, 0.2) is 54.6 Å². The molecule has 1 aliphatic rings. The first-order valence-corrected chi connectivity index (χ1v) is 11.3. The van der Waals surface area contributed by atoms with Gasteiger partial charge in [-0.15, -0.1) is 0 Å². The van der Waals surface area contributed by atoms with Gasteiger partial charge in [0.2, 0.25) is 5.91 Å². The van der Waals surface area contributed by atoms with Gasteiger partial charge in [0.25, 0.3) is 0 Å². The molecule has 1 aliphatic heterocycles. The van der Waals surface area contributed by atoms with Crippen molar-refractivity contribution in [3.05, 3.63) is 66.0 Å². The van der Waals surface area contributed by atoms with Gasteiger partial charge in [0, 0.05) is 20.1 Å². The Morgan fingerprint density at radius 2 is 1.72 bits per heavy atom. The van der Waals surface area contributed by atoms with E-state index in [4.69, 9.17) is 4.74 Å². The van der Waals surface area contributed by atoms with Crippen LogP contribution in [0.4, 0.5) is 4.39 Å². The molecule has 0 N–H and O–H groups in total. The van der Waals surface area contributed by atoms with Gasteiger partial charge in [-0.05, 0) is 29.8 Å². The number of benzene rings is 2. The summed E-state index contributed by atoms with van der Waals surface area (Å²) in [6, 6.07) is 14.6. The summed E-state index contributed by atoms with van der Waals surface area (Å²) in [6.45, 7) is 1.27. The first kappa shape index (κ1) is 21.3. The maximum Gasteiger partial charge on any atom is 0.244 e. The van der Waals surface area contributed by atoms with Crippen LogP contribution in [0.25, 0.3) is 0 Å². The van der Waals surface area contributed by atoms with E-state index in [1.54, 1.807) is 11.9 Å². The largest absolute Gasteiger partial charge is 0.492 e. The summed E-state index contributed by atoms with van der Waals surface area (Å²) in [5.41, 5.74) is 0.836. The van der Waals surface area contributed by atoms with Crippen molar-refractivity contribution in [3.8, 4) is 5.75 Å². The standard InChI is InChI=1S/C21H25FN2O4S/c1-23(11-14-28-19-9-7-18(22)8-10-19)21(25)20(17-5-3-2-4-6-17)24-12-15-29(26,27)16-13-24/h2-10,20H,11-16H2,1H3. The van der Waals surface area contributed by atoms with E-state index in [1.807, 2.05) is 35.2 Å². The number of sulfone groups is 1. The first-order valence-electron chi connectivity index (χ1n) is 9.48. The van der Waals surface area contributed by atoms with Gasteiger partial charge in [-0.3, -0.25) is 9.69 Å². The number of ether oxygens (including phenoxy) is 1. The Morgan fingerprint density at radius 1 is 1.10 bits per heavy atom. The molecule has 156 valence electrons. The van der Waals surface area contributed by atoms with Crippen LogP contribution in [0.5, 0.6) is 5.75 Å². The average molecular weight is 421 g/mol. The van der Waals surface area contributed by atoms with Crippen molar-refractivity contribution in [1.82, 2.24) is 9.80 Å². The highest BCUT2D eigenvalue weighted by Gasteiger charge is 2.33. The number of nitrogens with zero attached hydrogens (tertiary/aromatic N) is 2. The number of hydrogen-bond acceptors (Lipinski definition) is 5. The Bertz CT molecular complexity index is 905. The van der Waals surface area contributed by atoms with Crippen molar-refractivity contribution < 1.29 is 22.3 Å². The second-order valence-electron chi connectivity index (χ2n) is 7.06. The maximum atomic E-state index is 13.2. The molecule has 0 aliphatic carbocycles. The van der Waals surface area contributed by atoms with Crippen LogP contribution >= 0.6 is 0 Å². The smallest absolute Gasteiger partial charge is 0.244 e. The molecule has 1 unspecified atom stereocenters. The van der Waals surface area contributed by atoms with E-state index >= 15 is 0 Å². The second kappa shape index (κ2) is 9.37. The minimum atomic E-state index is -3.04. The fourth-order valence-electron chi connectivity index (χ4n) is 3.28. The number of hydrogen-bond donors (Lipinski definition) is 0. The molecule has 0 aromatic heterocycles. The molecule has 0 spiro atoms. The minimum Gasteiger partial charge on any atom is -0.492 e. The molecule has 0 radical (unpaired) electrons. The molecule has 1 atom stereocenters. The lowest BCUT2D eigenvalue weighted by atomic mass is 10.0. The third-order valence-corrected chi connectivity index (χ3v) is 6.59. The van der Waals surface area contributed by atoms with Gasteiger partial charge in [0.05, 0.1) is 18.1 Å². The predicted molar refractivity (Wildman–Crippen MR) is 109 cm³/mol. The van der Waals surface area contributed by atoms with E-state index in [2.05, 4.69) is 0 Å². The van der Waals surface area contributed by atoms with Gasteiger partial charge >= 0.3 is 0 Å². The summed E-state index contributed by atoms with van der Waals surface area (Å²) < 4.78 is 42.1. The molecular weight excluding hydrogens is 395 g/mol. The zero-order chi connectivity index (χ0) is 20.9. The van der Waals surface area contributed by atoms with Crippen LogP contribution in [0.2, 0.25) is 0 Å². The molecule has 0 saturated carbocycles. The van der Waals surface area contributed by atoms with Crippen molar-refractivity contribution in [2.75, 3.05) is 44.8 Å². The summed E-state index contributed by atoms with van der Waals surface area (Å²) in [6.07, 6.45) is 0. The Morgan fingerprint density at radius 3 is 2.34 bits per heavy atom. The summed E-state index contributed by atoms with van der Waals surface area (Å²) in [5.74, 6) is 0.201. The summed E-state index contributed by atoms with van der Waals surface area (Å²) >= 11 is 0. The number of amides is 1. The van der Waals surface area contributed by atoms with Crippen LogP contribution < -0.4 is 4.74 Å². The quantitative estimate of drug-likeness (QED) is 0.687. The van der Waals surface area contributed by atoms with Gasteiger partial charge in [0.1, 0.15) is 24.2 Å². The fourth-order valence-corrected chi connectivity index (χ4v) is 4.51. The Balaban J connectivity index is 1.66. The topological polar surface area (TPSA) is 66.9 Å². The van der Waals surface area contributed by atoms with Crippen molar-refractivity contribution in [3.63, 3.8) is 0 Å². The summed E-state index contributed by atoms with van der Waals surface area (Å²) in [7, 11) is -1.34. The number of halogens is 1. The van der Waals surface area contributed by atoms with Gasteiger partial charge in [0.15, 0.2) is 9.84 Å². The molecule has 6 nitrogen and oxygen atoms in total. The SMILES string of the molecule is CN(CCOc1ccc(F)cc1)C(=O)C(c1ccccc1)N1CCS(=O)(=O)CC1. The highest BCUT2D eigenvalue weighted by Crippen LogP contribution is 2.25. The number of carbonyl (C=O) groups is 1. The Hall–Kier alpha value is -2.45. The van der Waals surface area contributed by atoms with E-state index < -0.39 is 15.9 Å². The zero-order valence-corrected chi connectivity index (χ0v) is 17.1. The molecule has 1 amide bonds. The second-order valence-corrected chi connectivity index (χ2v) is 9.37. The van der Waals surface area contributed by atoms with Crippen molar-refractivity contribution in [1.29, 1.82) is 0 Å². The zero-order valence-electron chi connectivity index (χ0n) is 16.3. The van der Waals surface area contributed by atoms with Crippen LogP contribution in [-0.2, 0) is 14.6 Å². The monoisotopic (exact) mass is 420 g/mol. The van der Waals surface area contributed by atoms with Crippen LogP contribution in [0, 0.1) is 5.82 Å². The van der Waals surface area contributed by atoms with E-state index in [1.165, 1.54) is 24.3 Å². The lowest BCUT2D eigenvalue weighted by Crippen LogP contribution is -2.48. The minimum absolute atomic E-state index is 0.0566. The number of rotatable bonds is 7. The Kier molecular flexibility index (Phi) is 6.87. The lowest BCUT2D eigenvalue weighted by Gasteiger charge is -2.35. The molecule has 8 heteroatoms. The van der Waals surface area contributed by atoms with Crippen LogP contribution in [0.1, 0.15) is 11.6 Å². The van der Waals surface area contributed by atoms with E-state index in [0.29, 0.717) is 25.4 Å². The molecular formula is C21H25FN2O4S. The highest BCUT2D eigenvalue weighted by atomic mass is 32.2. The van der Waals surface area contributed by atoms with E-state index in [0.717, 1.165) is 5.56 Å². The molecule has 2 aromatic carbocycles. The van der Waals surface area contributed by atoms with Crippen molar-refractivity contribution >= 4 is 15.7 Å². The van der Waals surface area contributed by atoms with Gasteiger partial charge in [-0.2, -0.15) is 0 Å². The lowest BCUT2D eigenvalue weighted by molar-refractivity contribution is -0.136. The number of likely N-dealkylation sites (N-methyl/N-ethyl adjacent to an activating group) is 1. The predicted octanol–water partition coefficient (Wildman–Crippen LogP) is 2.13. The third-order valence-electron chi connectivity index (χ3n) is 4.98. The summed E-state index contributed by atoms with van der Waals surface area (Å²) in [4.78, 5) is 16.7. The molecule has 3 rings (SSSR count). The van der Waals surface area contributed by atoms with E-state index in [-0.39, 0.29) is 29.8 Å². The van der Waals surface area contributed by atoms with Gasteiger partial charge in [-0.1, -0.05) is 30.3 Å². The third kappa shape index (κ3) is 5.77. The van der Waals surface area contributed by atoms with Crippen molar-refractivity contribution in [2.24, 2.45) is 0 Å². The van der Waals surface area contributed by atoms with Gasteiger partial charge < -0.3 is 9.64 Å². The normalized spacial score (nSPS) is 17.4. The molecule has 1 fully saturated rings. The fraction of sp³-hybridized carbons (Fsp3) is 0.381. The molecule has 1 saturated heterocycles. The molecule has 29 heavy (non-hydrogen) atoms. The molecule has 2 aromatic rings. The van der Waals surface area contributed by atoms with Gasteiger partial charge in [-0.25, -0.2) is 12.8 Å². The Labute approximate surface area is 170 Å². The first-order chi connectivity index (χ1) is 13.9. The number of carbonyl (C=O) groups excluding carboxylic acids is 1. The maximum absolute atomic E-state index is 13.2. The highest BCUT2D eigenvalue weighted by molar-refractivity contribution is 7.91.